The quantitative estimate of drug-likeness (QED) is 0.351. The number of hydrogen-bond donors (Lipinski definition) is 4. The third-order valence-electron chi connectivity index (χ3n) is 7.18. The number of hydrogen-bond acceptors (Lipinski definition) is 7. The standard InChI is InChI=1S/C24H28Cl2FN7O2/c25-13-9-15(26)20(16(27)10-13)32-24-31-18-11-29-23(30-17-3-1-2-4-19(17)35)33-22(18)34(24)14-7-5-12(6-8-14)21(28)36/h9-12,14,17,19,35H,1-8H2,(H2,28,36)(H,31,32)(H,29,30,33)/t12-,14-,17-,19+/m0/s1. The molecule has 2 aliphatic rings. The number of nitrogens with one attached hydrogen (secondary N) is 2. The Morgan fingerprint density at radius 1 is 1.11 bits per heavy atom. The van der Waals surface area contributed by atoms with E-state index in [4.69, 9.17) is 33.9 Å². The second-order valence-electron chi connectivity index (χ2n) is 9.59. The van der Waals surface area contributed by atoms with Crippen LogP contribution in [0.15, 0.2) is 18.3 Å². The monoisotopic (exact) mass is 535 g/mol. The molecule has 0 saturated heterocycles. The van der Waals surface area contributed by atoms with E-state index >= 15 is 0 Å². The van der Waals surface area contributed by atoms with Crippen molar-refractivity contribution < 1.29 is 14.3 Å². The van der Waals surface area contributed by atoms with Crippen LogP contribution in [0.2, 0.25) is 10.0 Å². The number of rotatable bonds is 6. The number of primary amides is 1. The van der Waals surface area contributed by atoms with Crippen LogP contribution in [0.25, 0.3) is 11.2 Å². The topological polar surface area (TPSA) is 131 Å². The van der Waals surface area contributed by atoms with Crippen LogP contribution in [0.1, 0.15) is 57.4 Å². The summed E-state index contributed by atoms with van der Waals surface area (Å²) >= 11 is 12.2. The minimum atomic E-state index is -0.608. The minimum Gasteiger partial charge on any atom is -0.391 e. The van der Waals surface area contributed by atoms with E-state index in [0.717, 1.165) is 25.7 Å². The van der Waals surface area contributed by atoms with Gasteiger partial charge in [0.05, 0.1) is 29.1 Å². The molecule has 192 valence electrons. The van der Waals surface area contributed by atoms with Crippen molar-refractivity contribution in [3.05, 3.63) is 34.2 Å². The Balaban J connectivity index is 1.53. The molecular weight excluding hydrogens is 508 g/mol. The Morgan fingerprint density at radius 3 is 2.56 bits per heavy atom. The molecule has 0 spiro atoms. The molecule has 0 bridgehead atoms. The summed E-state index contributed by atoms with van der Waals surface area (Å²) in [4.78, 5) is 25.5. The average molecular weight is 536 g/mol. The number of aliphatic hydroxyl groups is 1. The smallest absolute Gasteiger partial charge is 0.225 e. The molecule has 5 rings (SSSR count). The first kappa shape index (κ1) is 25.0. The number of carbonyl (C=O) groups excluding carboxylic acids is 1. The van der Waals surface area contributed by atoms with Gasteiger partial charge in [0.1, 0.15) is 11.3 Å². The average Bonchev–Trinajstić information content (AvgIpc) is 3.20. The normalized spacial score (nSPS) is 24.6. The number of carbonyl (C=O) groups is 1. The number of halogens is 3. The molecule has 2 atom stereocenters. The van der Waals surface area contributed by atoms with E-state index in [1.165, 1.54) is 12.1 Å². The van der Waals surface area contributed by atoms with Crippen molar-refractivity contribution in [2.45, 2.75) is 69.6 Å². The second-order valence-corrected chi connectivity index (χ2v) is 10.4. The largest absolute Gasteiger partial charge is 0.391 e. The molecule has 0 radical (unpaired) electrons. The lowest BCUT2D eigenvalue weighted by atomic mass is 9.85. The van der Waals surface area contributed by atoms with Gasteiger partial charge in [0, 0.05) is 17.0 Å². The Hall–Kier alpha value is -2.69. The Bertz CT molecular complexity index is 1260. The molecule has 36 heavy (non-hydrogen) atoms. The maximum absolute atomic E-state index is 14.7. The van der Waals surface area contributed by atoms with Crippen molar-refractivity contribution in [3.63, 3.8) is 0 Å². The summed E-state index contributed by atoms with van der Waals surface area (Å²) in [7, 11) is 0. The van der Waals surface area contributed by atoms with Gasteiger partial charge in [-0.3, -0.25) is 9.36 Å². The van der Waals surface area contributed by atoms with Gasteiger partial charge in [-0.15, -0.1) is 0 Å². The van der Waals surface area contributed by atoms with Gasteiger partial charge in [-0.25, -0.2) is 14.4 Å². The summed E-state index contributed by atoms with van der Waals surface area (Å²) in [6.45, 7) is 0. The van der Waals surface area contributed by atoms with Crippen molar-refractivity contribution in [1.82, 2.24) is 19.5 Å². The van der Waals surface area contributed by atoms with Crippen LogP contribution in [-0.4, -0.2) is 42.7 Å². The summed E-state index contributed by atoms with van der Waals surface area (Å²) in [6.07, 6.45) is 7.38. The van der Waals surface area contributed by atoms with Gasteiger partial charge in [0.25, 0.3) is 0 Å². The van der Waals surface area contributed by atoms with Crippen molar-refractivity contribution in [2.24, 2.45) is 11.7 Å². The van der Waals surface area contributed by atoms with E-state index in [9.17, 15) is 14.3 Å². The first-order valence-electron chi connectivity index (χ1n) is 12.2. The van der Waals surface area contributed by atoms with Crippen LogP contribution >= 0.6 is 23.2 Å². The number of benzene rings is 1. The highest BCUT2D eigenvalue weighted by Gasteiger charge is 2.30. The molecular formula is C24H28Cl2FN7O2. The zero-order valence-electron chi connectivity index (χ0n) is 19.6. The molecule has 2 heterocycles. The fraction of sp³-hybridized carbons (Fsp3) is 0.500. The lowest BCUT2D eigenvalue weighted by molar-refractivity contribution is -0.122. The van der Waals surface area contributed by atoms with E-state index in [2.05, 4.69) is 20.6 Å². The van der Waals surface area contributed by atoms with Gasteiger partial charge >= 0.3 is 0 Å². The van der Waals surface area contributed by atoms with Gasteiger partial charge in [-0.1, -0.05) is 36.0 Å². The van der Waals surface area contributed by atoms with Crippen molar-refractivity contribution in [3.8, 4) is 0 Å². The SMILES string of the molecule is NC(=O)[C@H]1CC[C@H](n2c(Nc3c(F)cc(Cl)cc3Cl)nc3cnc(N[C@H]4CCCC[C@H]4O)nc32)CC1. The summed E-state index contributed by atoms with van der Waals surface area (Å²) < 4.78 is 16.7. The number of amides is 1. The minimum absolute atomic E-state index is 0.0507. The van der Waals surface area contributed by atoms with Gasteiger partial charge in [0.2, 0.25) is 17.8 Å². The van der Waals surface area contributed by atoms with Crippen molar-refractivity contribution >= 4 is 57.9 Å². The molecule has 2 fully saturated rings. The highest BCUT2D eigenvalue weighted by molar-refractivity contribution is 6.36. The first-order chi connectivity index (χ1) is 17.3. The van der Waals surface area contributed by atoms with Crippen molar-refractivity contribution in [2.75, 3.05) is 10.6 Å². The lowest BCUT2D eigenvalue weighted by Gasteiger charge is -2.29. The second kappa shape index (κ2) is 10.4. The third-order valence-corrected chi connectivity index (χ3v) is 7.70. The predicted octanol–water partition coefficient (Wildman–Crippen LogP) is 4.95. The highest BCUT2D eigenvalue weighted by Crippen LogP contribution is 2.38. The molecule has 2 aromatic heterocycles. The number of aliphatic hydroxyl groups excluding tert-OH is 1. The third kappa shape index (κ3) is 5.07. The van der Waals surface area contributed by atoms with Crippen LogP contribution in [0.5, 0.6) is 0 Å². The van der Waals surface area contributed by atoms with E-state index in [0.29, 0.717) is 48.7 Å². The molecule has 9 nitrogen and oxygen atoms in total. The van der Waals surface area contributed by atoms with Gasteiger partial charge in [-0.05, 0) is 50.7 Å². The summed E-state index contributed by atoms with van der Waals surface area (Å²) in [6, 6.07) is 2.46. The molecule has 1 aromatic carbocycles. The van der Waals surface area contributed by atoms with Gasteiger partial charge < -0.3 is 21.5 Å². The van der Waals surface area contributed by atoms with Crippen LogP contribution in [0.4, 0.5) is 22.0 Å². The first-order valence-corrected chi connectivity index (χ1v) is 13.0. The molecule has 0 unspecified atom stereocenters. The van der Waals surface area contributed by atoms with Gasteiger partial charge in [0.15, 0.2) is 5.65 Å². The molecule has 2 aliphatic carbocycles. The Kier molecular flexibility index (Phi) is 7.18. The molecule has 2 saturated carbocycles. The van der Waals surface area contributed by atoms with Crippen molar-refractivity contribution in [1.29, 1.82) is 0 Å². The van der Waals surface area contributed by atoms with E-state index in [1.807, 2.05) is 4.57 Å². The summed E-state index contributed by atoms with van der Waals surface area (Å²) in [5.74, 6) is -0.321. The maximum atomic E-state index is 14.7. The number of nitrogens with two attached hydrogens (primary N) is 1. The summed E-state index contributed by atoms with van der Waals surface area (Å²) in [5, 5.41) is 17.0. The fourth-order valence-corrected chi connectivity index (χ4v) is 5.75. The zero-order chi connectivity index (χ0) is 25.4. The fourth-order valence-electron chi connectivity index (χ4n) is 5.23. The van der Waals surface area contributed by atoms with Crippen LogP contribution in [-0.2, 0) is 4.79 Å². The molecule has 12 heteroatoms. The summed E-state index contributed by atoms with van der Waals surface area (Å²) in [5.41, 5.74) is 6.67. The van der Waals surface area contributed by atoms with Crippen LogP contribution in [0, 0.1) is 11.7 Å². The molecule has 3 aromatic rings. The van der Waals surface area contributed by atoms with E-state index < -0.39 is 11.9 Å². The Labute approximate surface area is 217 Å². The zero-order valence-corrected chi connectivity index (χ0v) is 21.1. The molecule has 1 amide bonds. The van der Waals surface area contributed by atoms with Crippen LogP contribution in [0.3, 0.4) is 0 Å². The Morgan fingerprint density at radius 2 is 1.86 bits per heavy atom. The lowest BCUT2D eigenvalue weighted by Crippen LogP contribution is -2.36. The van der Waals surface area contributed by atoms with E-state index in [1.54, 1.807) is 6.20 Å². The number of fused-ring (bicyclic) bond motifs is 1. The van der Waals surface area contributed by atoms with Crippen LogP contribution < -0.4 is 16.4 Å². The maximum Gasteiger partial charge on any atom is 0.225 e. The van der Waals surface area contributed by atoms with Gasteiger partial charge in [-0.2, -0.15) is 4.98 Å². The van der Waals surface area contributed by atoms with E-state index in [-0.39, 0.29) is 39.6 Å². The number of nitrogens with zero attached hydrogens (tertiary/aromatic N) is 4. The number of aromatic nitrogens is 4. The highest BCUT2D eigenvalue weighted by atomic mass is 35.5. The molecule has 5 N–H and O–H groups in total. The molecule has 0 aliphatic heterocycles. The predicted molar refractivity (Wildman–Crippen MR) is 137 cm³/mol. The number of imidazole rings is 1. The number of anilines is 3.